The molecule has 0 saturated carbocycles. The highest BCUT2D eigenvalue weighted by atomic mass is 35.5. The van der Waals surface area contributed by atoms with Crippen LogP contribution in [-0.4, -0.2) is 28.2 Å². The largest absolute Gasteiger partial charge is 0.480 e. The first kappa shape index (κ1) is 17.8. The van der Waals surface area contributed by atoms with Gasteiger partial charge in [0.15, 0.2) is 0 Å². The van der Waals surface area contributed by atoms with Gasteiger partial charge >= 0.3 is 12.1 Å². The molecule has 0 aliphatic heterocycles. The Bertz CT molecular complexity index is 938. The number of hydrogen-bond donors (Lipinski definition) is 3. The van der Waals surface area contributed by atoms with Crippen molar-refractivity contribution in [3.63, 3.8) is 0 Å². The number of hydrogen-bond acceptors (Lipinski definition) is 3. The first-order chi connectivity index (χ1) is 12.5. The molecule has 0 saturated heterocycles. The molecular weight excluding hydrogens is 356 g/mol. The molecule has 0 fully saturated rings. The number of aliphatic carboxylic acids is 1. The van der Waals surface area contributed by atoms with Gasteiger partial charge < -0.3 is 20.1 Å². The molecule has 3 aromatic rings. The molecule has 1 heterocycles. The molecule has 0 radical (unpaired) electrons. The summed E-state index contributed by atoms with van der Waals surface area (Å²) in [5, 5.41) is 13.3. The zero-order chi connectivity index (χ0) is 18.5. The maximum atomic E-state index is 12.0. The fourth-order valence-electron chi connectivity index (χ4n) is 2.68. The molecule has 3 rings (SSSR count). The number of halogens is 1. The van der Waals surface area contributed by atoms with Gasteiger partial charge in [-0.3, -0.25) is 0 Å². The van der Waals surface area contributed by atoms with E-state index in [9.17, 15) is 14.7 Å². The SMILES string of the molecule is O=C(N[C@@H](Cc1c[nH]c2ccccc12)C(=O)O)OCc1cccc(Cl)c1. The van der Waals surface area contributed by atoms with Crippen molar-refractivity contribution in [2.45, 2.75) is 19.1 Å². The fraction of sp³-hybridized carbons (Fsp3) is 0.158. The minimum absolute atomic E-state index is 0.00577. The van der Waals surface area contributed by atoms with Crippen LogP contribution in [0, 0.1) is 0 Å². The fourth-order valence-corrected chi connectivity index (χ4v) is 2.89. The van der Waals surface area contributed by atoms with E-state index in [0.29, 0.717) is 5.02 Å². The number of carbonyl (C=O) groups is 2. The molecule has 0 bridgehead atoms. The molecule has 3 N–H and O–H groups in total. The third-order valence-corrected chi connectivity index (χ3v) is 4.18. The van der Waals surface area contributed by atoms with E-state index >= 15 is 0 Å². The lowest BCUT2D eigenvalue weighted by atomic mass is 10.1. The Morgan fingerprint density at radius 2 is 2.00 bits per heavy atom. The third kappa shape index (κ3) is 4.34. The van der Waals surface area contributed by atoms with Gasteiger partial charge in [-0.25, -0.2) is 9.59 Å². The number of H-pyrrole nitrogens is 1. The van der Waals surface area contributed by atoms with E-state index < -0.39 is 18.1 Å². The number of ether oxygens (including phenoxy) is 1. The number of aromatic amines is 1. The van der Waals surface area contributed by atoms with Gasteiger partial charge in [-0.1, -0.05) is 41.9 Å². The molecule has 1 aromatic heterocycles. The van der Waals surface area contributed by atoms with Crippen LogP contribution in [0.4, 0.5) is 4.79 Å². The molecule has 134 valence electrons. The van der Waals surface area contributed by atoms with Crippen LogP contribution in [-0.2, 0) is 22.6 Å². The molecule has 6 nitrogen and oxygen atoms in total. The van der Waals surface area contributed by atoms with E-state index in [2.05, 4.69) is 10.3 Å². The average molecular weight is 373 g/mol. The zero-order valence-electron chi connectivity index (χ0n) is 13.7. The van der Waals surface area contributed by atoms with E-state index in [1.54, 1.807) is 30.5 Å². The predicted octanol–water partition coefficient (Wildman–Crippen LogP) is 3.74. The normalized spacial score (nSPS) is 11.9. The Kier molecular flexibility index (Phi) is 5.43. The highest BCUT2D eigenvalue weighted by Crippen LogP contribution is 2.19. The second-order valence-corrected chi connectivity index (χ2v) is 6.24. The second kappa shape index (κ2) is 7.93. The molecule has 0 spiro atoms. The topological polar surface area (TPSA) is 91.4 Å². The minimum atomic E-state index is -1.13. The molecule has 0 unspecified atom stereocenters. The Balaban J connectivity index is 1.63. The number of para-hydroxylation sites is 1. The summed E-state index contributed by atoms with van der Waals surface area (Å²) in [6, 6.07) is 13.4. The van der Waals surface area contributed by atoms with Crippen molar-refractivity contribution in [2.24, 2.45) is 0 Å². The summed E-state index contributed by atoms with van der Waals surface area (Å²) < 4.78 is 5.09. The van der Waals surface area contributed by atoms with Gasteiger partial charge in [0.2, 0.25) is 0 Å². The van der Waals surface area contributed by atoms with Gasteiger partial charge in [-0.05, 0) is 29.3 Å². The van der Waals surface area contributed by atoms with Gasteiger partial charge in [0.25, 0.3) is 0 Å². The van der Waals surface area contributed by atoms with Crippen LogP contribution >= 0.6 is 11.6 Å². The zero-order valence-corrected chi connectivity index (χ0v) is 14.5. The van der Waals surface area contributed by atoms with E-state index in [4.69, 9.17) is 16.3 Å². The number of carbonyl (C=O) groups excluding carboxylic acids is 1. The minimum Gasteiger partial charge on any atom is -0.480 e. The molecule has 0 aliphatic rings. The molecule has 1 amide bonds. The highest BCUT2D eigenvalue weighted by Gasteiger charge is 2.22. The van der Waals surface area contributed by atoms with Crippen molar-refractivity contribution < 1.29 is 19.4 Å². The van der Waals surface area contributed by atoms with Crippen LogP contribution in [0.1, 0.15) is 11.1 Å². The van der Waals surface area contributed by atoms with Crippen molar-refractivity contribution in [2.75, 3.05) is 0 Å². The molecule has 2 aromatic carbocycles. The number of nitrogens with one attached hydrogen (secondary N) is 2. The molecular formula is C19H17ClN2O4. The van der Waals surface area contributed by atoms with Gasteiger partial charge in [-0.15, -0.1) is 0 Å². The van der Waals surface area contributed by atoms with E-state index in [-0.39, 0.29) is 13.0 Å². The Morgan fingerprint density at radius 3 is 2.77 bits per heavy atom. The summed E-state index contributed by atoms with van der Waals surface area (Å²) in [5.74, 6) is -1.13. The van der Waals surface area contributed by atoms with Gasteiger partial charge in [-0.2, -0.15) is 0 Å². The standard InChI is InChI=1S/C19H17ClN2O4/c20-14-5-3-4-12(8-14)11-26-19(25)22-17(18(23)24)9-13-10-21-16-7-2-1-6-15(13)16/h1-8,10,17,21H,9,11H2,(H,22,25)(H,23,24)/t17-/m0/s1. The monoisotopic (exact) mass is 372 g/mol. The number of fused-ring (bicyclic) bond motifs is 1. The quantitative estimate of drug-likeness (QED) is 0.614. The van der Waals surface area contributed by atoms with Gasteiger partial charge in [0, 0.05) is 28.5 Å². The van der Waals surface area contributed by atoms with Crippen LogP contribution in [0.3, 0.4) is 0 Å². The average Bonchev–Trinajstić information content (AvgIpc) is 3.02. The molecule has 7 heteroatoms. The molecule has 0 aliphatic carbocycles. The van der Waals surface area contributed by atoms with Crippen LogP contribution in [0.15, 0.2) is 54.7 Å². The predicted molar refractivity (Wildman–Crippen MR) is 98.2 cm³/mol. The number of aromatic nitrogens is 1. The summed E-state index contributed by atoms with van der Waals surface area (Å²) in [7, 11) is 0. The summed E-state index contributed by atoms with van der Waals surface area (Å²) in [6.45, 7) is 0.00577. The lowest BCUT2D eigenvalue weighted by Crippen LogP contribution is -2.42. The summed E-state index contributed by atoms with van der Waals surface area (Å²) in [5.41, 5.74) is 2.44. The number of rotatable bonds is 6. The highest BCUT2D eigenvalue weighted by molar-refractivity contribution is 6.30. The van der Waals surface area contributed by atoms with Crippen molar-refractivity contribution in [3.05, 3.63) is 70.9 Å². The van der Waals surface area contributed by atoms with Gasteiger partial charge in [0.1, 0.15) is 12.6 Å². The number of carboxylic acid groups (broad SMARTS) is 1. The van der Waals surface area contributed by atoms with Crippen molar-refractivity contribution >= 4 is 34.6 Å². The van der Waals surface area contributed by atoms with E-state index in [1.807, 2.05) is 24.3 Å². The van der Waals surface area contributed by atoms with Crippen LogP contribution in [0.25, 0.3) is 10.9 Å². The lowest BCUT2D eigenvalue weighted by Gasteiger charge is -2.14. The first-order valence-electron chi connectivity index (χ1n) is 7.98. The Morgan fingerprint density at radius 1 is 1.19 bits per heavy atom. The Labute approximate surface area is 154 Å². The van der Waals surface area contributed by atoms with Crippen molar-refractivity contribution in [1.29, 1.82) is 0 Å². The molecule has 26 heavy (non-hydrogen) atoms. The molecule has 1 atom stereocenters. The number of amides is 1. The maximum Gasteiger partial charge on any atom is 0.408 e. The van der Waals surface area contributed by atoms with E-state index in [0.717, 1.165) is 22.0 Å². The smallest absolute Gasteiger partial charge is 0.408 e. The lowest BCUT2D eigenvalue weighted by molar-refractivity contribution is -0.139. The van der Waals surface area contributed by atoms with Crippen molar-refractivity contribution in [3.8, 4) is 0 Å². The Hall–Kier alpha value is -2.99. The van der Waals surface area contributed by atoms with Crippen LogP contribution < -0.4 is 5.32 Å². The van der Waals surface area contributed by atoms with Gasteiger partial charge in [0.05, 0.1) is 0 Å². The summed E-state index contributed by atoms with van der Waals surface area (Å²) >= 11 is 5.88. The first-order valence-corrected chi connectivity index (χ1v) is 8.36. The van der Waals surface area contributed by atoms with Crippen LogP contribution in [0.2, 0.25) is 5.02 Å². The number of benzene rings is 2. The van der Waals surface area contributed by atoms with Crippen LogP contribution in [0.5, 0.6) is 0 Å². The van der Waals surface area contributed by atoms with E-state index in [1.165, 1.54) is 0 Å². The third-order valence-electron chi connectivity index (χ3n) is 3.95. The number of alkyl carbamates (subject to hydrolysis) is 1. The summed E-state index contributed by atoms with van der Waals surface area (Å²) in [6.07, 6.45) is 1.10. The summed E-state index contributed by atoms with van der Waals surface area (Å²) in [4.78, 5) is 26.6. The maximum absolute atomic E-state index is 12.0. The van der Waals surface area contributed by atoms with Crippen molar-refractivity contribution in [1.82, 2.24) is 10.3 Å². The second-order valence-electron chi connectivity index (χ2n) is 5.80. The number of carboxylic acids is 1.